The monoisotopic (exact) mass is 1100 g/mol. The average Bonchev–Trinajstić information content (AvgIpc) is 3.45. The van der Waals surface area contributed by atoms with Crippen LogP contribution in [0.15, 0.2) is 0 Å². The molecule has 470 valence electrons. The van der Waals surface area contributed by atoms with Crippen LogP contribution in [-0.4, -0.2) is 62.4 Å². The molecule has 0 radical (unpaired) electrons. The van der Waals surface area contributed by atoms with Gasteiger partial charge < -0.3 is 10.6 Å². The highest BCUT2D eigenvalue weighted by Crippen LogP contribution is 2.19. The van der Waals surface area contributed by atoms with Crippen LogP contribution in [-0.2, 0) is 0 Å². The van der Waals surface area contributed by atoms with Crippen LogP contribution in [0.1, 0.15) is 426 Å². The van der Waals surface area contributed by atoms with E-state index in [1.165, 1.54) is 431 Å². The SMILES string of the molecule is CCCCCCCCCCCCCCCCCCCCCCNCN(CCCCCCCCCCCC)CN(CCCCCCCCCCCCCCCCCC)CCNCCCCCCCCCCCCCCCCCC. The Bertz CT molecular complexity index is 1000. The number of rotatable bonds is 73. The molecule has 0 saturated heterocycles. The Morgan fingerprint density at radius 3 is 0.603 bits per heavy atom. The van der Waals surface area contributed by atoms with Gasteiger partial charge in [0.15, 0.2) is 0 Å². The van der Waals surface area contributed by atoms with Crippen molar-refractivity contribution in [2.75, 3.05) is 52.6 Å². The van der Waals surface area contributed by atoms with Crippen molar-refractivity contribution in [3.8, 4) is 0 Å². The van der Waals surface area contributed by atoms with Gasteiger partial charge in [-0.2, -0.15) is 0 Å². The number of hydrogen-bond donors (Lipinski definition) is 2. The predicted molar refractivity (Wildman–Crippen MR) is 358 cm³/mol. The highest BCUT2D eigenvalue weighted by Gasteiger charge is 2.12. The second-order valence-corrected chi connectivity index (χ2v) is 26.1. The number of unbranched alkanes of at least 4 members (excludes halogenated alkanes) is 58. The quantitative estimate of drug-likeness (QED) is 0.0469. The Morgan fingerprint density at radius 1 is 0.167 bits per heavy atom. The standard InChI is InChI=1S/C74H154N4/c1-5-9-13-17-21-25-29-32-35-38-39-40-41-43-46-49-52-56-60-64-68-76-73-78(71-66-62-58-53-28-24-20-16-12-8-4)74-77(70-65-61-57-54-50-47-44-37-34-31-27-23-19-15-11-7-3)72-69-75-67-63-59-55-51-48-45-42-36-33-30-26-22-18-14-10-6-2/h75-76H,5-74H2,1-4H3. The molecule has 0 aromatic carbocycles. The lowest BCUT2D eigenvalue weighted by molar-refractivity contribution is 0.119. The first kappa shape index (κ1) is 77.8. The molecule has 0 atom stereocenters. The van der Waals surface area contributed by atoms with E-state index < -0.39 is 0 Å². The molecule has 0 saturated carbocycles. The van der Waals surface area contributed by atoms with Gasteiger partial charge in [-0.05, 0) is 45.3 Å². The third-order valence-electron chi connectivity index (χ3n) is 17.9. The van der Waals surface area contributed by atoms with Crippen molar-refractivity contribution < 1.29 is 0 Å². The summed E-state index contributed by atoms with van der Waals surface area (Å²) in [5.74, 6) is 0. The van der Waals surface area contributed by atoms with Gasteiger partial charge in [0.1, 0.15) is 0 Å². The fourth-order valence-electron chi connectivity index (χ4n) is 12.3. The Balaban J connectivity index is 4.73. The molecule has 78 heavy (non-hydrogen) atoms. The summed E-state index contributed by atoms with van der Waals surface area (Å²) in [6, 6.07) is 0. The van der Waals surface area contributed by atoms with Crippen molar-refractivity contribution in [1.82, 2.24) is 20.4 Å². The largest absolute Gasteiger partial charge is 0.315 e. The summed E-state index contributed by atoms with van der Waals surface area (Å²) in [7, 11) is 0. The molecule has 0 heterocycles. The molecule has 0 aromatic heterocycles. The molecule has 0 spiro atoms. The third kappa shape index (κ3) is 68.3. The maximum Gasteiger partial charge on any atom is 0.0518 e. The first-order valence-corrected chi connectivity index (χ1v) is 37.6. The fraction of sp³-hybridized carbons (Fsp3) is 1.00. The van der Waals surface area contributed by atoms with Gasteiger partial charge >= 0.3 is 0 Å². The van der Waals surface area contributed by atoms with E-state index in [2.05, 4.69) is 48.1 Å². The lowest BCUT2D eigenvalue weighted by Gasteiger charge is -2.31. The predicted octanol–water partition coefficient (Wildman–Crippen LogP) is 25.0. The minimum Gasteiger partial charge on any atom is -0.315 e. The van der Waals surface area contributed by atoms with Crippen molar-refractivity contribution in [3.05, 3.63) is 0 Å². The highest BCUT2D eigenvalue weighted by atomic mass is 15.3. The molecule has 0 unspecified atom stereocenters. The first-order chi connectivity index (χ1) is 38.8. The summed E-state index contributed by atoms with van der Waals surface area (Å²) in [5.41, 5.74) is 0. The van der Waals surface area contributed by atoms with E-state index >= 15 is 0 Å². The second kappa shape index (κ2) is 72.9. The van der Waals surface area contributed by atoms with Gasteiger partial charge in [0.25, 0.3) is 0 Å². The Hall–Kier alpha value is -0.160. The van der Waals surface area contributed by atoms with Crippen LogP contribution in [0.3, 0.4) is 0 Å². The molecule has 0 aliphatic heterocycles. The van der Waals surface area contributed by atoms with Gasteiger partial charge in [0.2, 0.25) is 0 Å². The summed E-state index contributed by atoms with van der Waals surface area (Å²) >= 11 is 0. The van der Waals surface area contributed by atoms with Crippen molar-refractivity contribution in [2.24, 2.45) is 0 Å². The topological polar surface area (TPSA) is 30.5 Å². The van der Waals surface area contributed by atoms with Crippen LogP contribution in [0, 0.1) is 0 Å². The van der Waals surface area contributed by atoms with Crippen molar-refractivity contribution >= 4 is 0 Å². The minimum atomic E-state index is 1.07. The fourth-order valence-corrected chi connectivity index (χ4v) is 12.3. The Kier molecular flexibility index (Phi) is 72.8. The maximum absolute atomic E-state index is 3.97. The third-order valence-corrected chi connectivity index (χ3v) is 17.9. The average molecular weight is 1100 g/mol. The zero-order chi connectivity index (χ0) is 56.1. The number of nitrogens with one attached hydrogen (secondary N) is 2. The molecule has 0 fully saturated rings. The van der Waals surface area contributed by atoms with Crippen LogP contribution >= 0.6 is 0 Å². The van der Waals surface area contributed by atoms with E-state index in [4.69, 9.17) is 0 Å². The molecule has 4 heteroatoms. The van der Waals surface area contributed by atoms with E-state index in [-0.39, 0.29) is 0 Å². The molecule has 0 aliphatic rings. The van der Waals surface area contributed by atoms with E-state index in [0.717, 1.165) is 19.9 Å². The summed E-state index contributed by atoms with van der Waals surface area (Å²) in [6.45, 7) is 18.8. The van der Waals surface area contributed by atoms with E-state index in [9.17, 15) is 0 Å². The summed E-state index contributed by atoms with van der Waals surface area (Å²) in [4.78, 5) is 5.66. The Labute approximate surface area is 496 Å². The van der Waals surface area contributed by atoms with Crippen LogP contribution in [0.4, 0.5) is 0 Å². The van der Waals surface area contributed by atoms with Crippen LogP contribution in [0.5, 0.6) is 0 Å². The molecule has 0 aromatic rings. The van der Waals surface area contributed by atoms with Crippen LogP contribution in [0.25, 0.3) is 0 Å². The van der Waals surface area contributed by atoms with E-state index in [0.29, 0.717) is 0 Å². The van der Waals surface area contributed by atoms with Gasteiger partial charge in [-0.1, -0.05) is 400 Å². The van der Waals surface area contributed by atoms with Gasteiger partial charge in [0.05, 0.1) is 6.67 Å². The van der Waals surface area contributed by atoms with Crippen molar-refractivity contribution in [2.45, 2.75) is 426 Å². The lowest BCUT2D eigenvalue weighted by Crippen LogP contribution is -2.45. The zero-order valence-electron chi connectivity index (χ0n) is 55.4. The summed E-state index contributed by atoms with van der Waals surface area (Å²) < 4.78 is 0. The minimum absolute atomic E-state index is 1.07. The molecule has 0 aliphatic carbocycles. The number of hydrogen-bond acceptors (Lipinski definition) is 4. The van der Waals surface area contributed by atoms with Crippen molar-refractivity contribution in [1.29, 1.82) is 0 Å². The molecule has 4 nitrogen and oxygen atoms in total. The maximum atomic E-state index is 3.97. The highest BCUT2D eigenvalue weighted by molar-refractivity contribution is 4.66. The van der Waals surface area contributed by atoms with Gasteiger partial charge in [-0.3, -0.25) is 9.80 Å². The lowest BCUT2D eigenvalue weighted by atomic mass is 10.0. The first-order valence-electron chi connectivity index (χ1n) is 37.6. The van der Waals surface area contributed by atoms with Gasteiger partial charge in [-0.15, -0.1) is 0 Å². The van der Waals surface area contributed by atoms with Crippen LogP contribution < -0.4 is 10.6 Å². The molecule has 2 N–H and O–H groups in total. The van der Waals surface area contributed by atoms with E-state index in [1.54, 1.807) is 0 Å². The van der Waals surface area contributed by atoms with E-state index in [1.807, 2.05) is 0 Å². The molecular formula is C74H154N4. The summed E-state index contributed by atoms with van der Waals surface area (Å²) in [5, 5.41) is 7.89. The van der Waals surface area contributed by atoms with Gasteiger partial charge in [0, 0.05) is 26.3 Å². The number of nitrogens with zero attached hydrogens (tertiary/aromatic N) is 2. The smallest absolute Gasteiger partial charge is 0.0518 e. The normalized spacial score (nSPS) is 11.9. The Morgan fingerprint density at radius 2 is 0.359 bits per heavy atom. The zero-order valence-corrected chi connectivity index (χ0v) is 55.4. The summed E-state index contributed by atoms with van der Waals surface area (Å²) in [6.07, 6.45) is 89.7. The van der Waals surface area contributed by atoms with Crippen molar-refractivity contribution in [3.63, 3.8) is 0 Å². The molecular weight excluding hydrogens is 945 g/mol. The molecule has 0 rings (SSSR count). The second-order valence-electron chi connectivity index (χ2n) is 26.1. The molecule has 0 amide bonds. The van der Waals surface area contributed by atoms with Crippen LogP contribution in [0.2, 0.25) is 0 Å². The molecule has 0 bridgehead atoms. The van der Waals surface area contributed by atoms with Gasteiger partial charge in [-0.25, -0.2) is 0 Å².